The van der Waals surface area contributed by atoms with Gasteiger partial charge >= 0.3 is 6.09 Å². The molecular weight excluding hydrogens is 655 g/mol. The summed E-state index contributed by atoms with van der Waals surface area (Å²) in [6, 6.07) is 11.7. The summed E-state index contributed by atoms with van der Waals surface area (Å²) in [5.41, 5.74) is 4.29. The number of fused-ring (bicyclic) bond motifs is 4. The third kappa shape index (κ3) is 7.31. The number of nitrogens with one attached hydrogen (secondary N) is 2. The van der Waals surface area contributed by atoms with Crippen LogP contribution >= 0.6 is 0 Å². The predicted molar refractivity (Wildman–Crippen MR) is 192 cm³/mol. The molecule has 11 nitrogen and oxygen atoms in total. The number of nitrogens with zero attached hydrogens (tertiary/aromatic N) is 3. The lowest BCUT2D eigenvalue weighted by molar-refractivity contribution is -0.0793. The van der Waals surface area contributed by atoms with Crippen LogP contribution < -0.4 is 14.8 Å². The Kier molecular flexibility index (Phi) is 9.38. The maximum absolute atomic E-state index is 14.6. The van der Waals surface area contributed by atoms with Crippen LogP contribution in [0.4, 0.5) is 10.7 Å². The lowest BCUT2D eigenvalue weighted by Gasteiger charge is -2.60. The molecule has 4 bridgehead atoms. The lowest BCUT2D eigenvalue weighted by atomic mass is 9.51. The van der Waals surface area contributed by atoms with Gasteiger partial charge in [-0.3, -0.25) is 4.79 Å². The largest absolute Gasteiger partial charge is 0.475 e. The lowest BCUT2D eigenvalue weighted by Crippen LogP contribution is -2.64. The molecule has 6 rings (SSSR count). The molecule has 0 saturated heterocycles. The van der Waals surface area contributed by atoms with E-state index in [1.54, 1.807) is 12.1 Å². The van der Waals surface area contributed by atoms with Gasteiger partial charge in [-0.15, -0.1) is 0 Å². The number of hydrogen-bond acceptors (Lipinski definition) is 8. The Bertz CT molecular complexity index is 1890. The number of aryl methyl sites for hydroxylation is 2. The van der Waals surface area contributed by atoms with Crippen molar-refractivity contribution in [2.45, 2.75) is 117 Å². The first kappa shape index (κ1) is 35.6. The fourth-order valence-electron chi connectivity index (χ4n) is 7.96. The van der Waals surface area contributed by atoms with Gasteiger partial charge in [-0.25, -0.2) is 22.9 Å². The van der Waals surface area contributed by atoms with Crippen LogP contribution in [0.2, 0.25) is 0 Å². The smallest absolute Gasteiger partial charge is 0.407 e. The average Bonchev–Trinajstić information content (AvgIpc) is 2.97. The van der Waals surface area contributed by atoms with Crippen LogP contribution in [0.3, 0.4) is 0 Å². The molecular formula is C38H49N5O6S. The quantitative estimate of drug-likeness (QED) is 0.291. The first-order valence-electron chi connectivity index (χ1n) is 17.4. The third-order valence-corrected chi connectivity index (χ3v) is 11.4. The van der Waals surface area contributed by atoms with Gasteiger partial charge < -0.3 is 19.7 Å². The molecule has 2 aromatic carbocycles. The van der Waals surface area contributed by atoms with Crippen LogP contribution in [0.15, 0.2) is 47.4 Å². The summed E-state index contributed by atoms with van der Waals surface area (Å²) in [6.45, 7) is 16.1. The van der Waals surface area contributed by atoms with Gasteiger partial charge in [0.1, 0.15) is 6.61 Å². The molecule has 2 N–H and O–H groups in total. The van der Waals surface area contributed by atoms with Gasteiger partial charge in [-0.1, -0.05) is 45.0 Å². The Labute approximate surface area is 295 Å². The summed E-state index contributed by atoms with van der Waals surface area (Å²) in [7, 11) is -4.17. The maximum Gasteiger partial charge on any atom is 0.407 e. The Hall–Kier alpha value is -4.19. The van der Waals surface area contributed by atoms with Crippen molar-refractivity contribution in [2.24, 2.45) is 10.8 Å². The van der Waals surface area contributed by atoms with Crippen molar-refractivity contribution in [3.8, 4) is 17.1 Å². The van der Waals surface area contributed by atoms with E-state index in [9.17, 15) is 18.0 Å². The highest BCUT2D eigenvalue weighted by Gasteiger charge is 2.56. The first-order valence-corrected chi connectivity index (χ1v) is 18.9. The minimum Gasteiger partial charge on any atom is -0.475 e. The van der Waals surface area contributed by atoms with E-state index in [2.05, 4.69) is 35.8 Å². The number of carbonyl (C=O) groups excluding carboxylic acids is 2. The number of carbonyl (C=O) groups is 2. The van der Waals surface area contributed by atoms with Gasteiger partial charge in [-0.05, 0) is 107 Å². The van der Waals surface area contributed by atoms with Crippen molar-refractivity contribution < 1.29 is 27.5 Å². The fourth-order valence-corrected chi connectivity index (χ4v) is 8.95. The van der Waals surface area contributed by atoms with E-state index >= 15 is 0 Å². The number of alkyl carbamates (subject to hydrolysis) is 1. The van der Waals surface area contributed by atoms with Crippen molar-refractivity contribution >= 4 is 28.0 Å². The molecule has 1 aromatic heterocycles. The van der Waals surface area contributed by atoms with Crippen LogP contribution in [-0.2, 0) is 14.8 Å². The molecule has 2 aliphatic carbocycles. The molecule has 1 spiro atoms. The van der Waals surface area contributed by atoms with Crippen molar-refractivity contribution in [1.82, 2.24) is 20.2 Å². The van der Waals surface area contributed by atoms with Gasteiger partial charge in [0, 0.05) is 28.8 Å². The normalized spacial score (nSPS) is 24.5. The van der Waals surface area contributed by atoms with E-state index in [1.807, 2.05) is 57.7 Å². The second kappa shape index (κ2) is 13.2. The van der Waals surface area contributed by atoms with Gasteiger partial charge in [0.25, 0.3) is 15.9 Å². The van der Waals surface area contributed by atoms with Crippen LogP contribution in [0.5, 0.6) is 5.88 Å². The zero-order valence-corrected chi connectivity index (χ0v) is 31.1. The van der Waals surface area contributed by atoms with Crippen molar-refractivity contribution in [1.29, 1.82) is 0 Å². The van der Waals surface area contributed by atoms with Gasteiger partial charge in [-0.2, -0.15) is 4.98 Å². The Morgan fingerprint density at radius 3 is 2.36 bits per heavy atom. The topological polar surface area (TPSA) is 140 Å². The Morgan fingerprint density at radius 2 is 1.72 bits per heavy atom. The summed E-state index contributed by atoms with van der Waals surface area (Å²) in [5, 5.41) is 2.97. The highest BCUT2D eigenvalue weighted by atomic mass is 32.2. The van der Waals surface area contributed by atoms with Crippen LogP contribution in [0.25, 0.3) is 11.3 Å². The molecule has 3 aromatic rings. The molecule has 268 valence electrons. The zero-order valence-electron chi connectivity index (χ0n) is 30.3. The van der Waals surface area contributed by atoms with Gasteiger partial charge in [0.15, 0.2) is 0 Å². The van der Waals surface area contributed by atoms with Crippen LogP contribution in [0, 0.1) is 31.6 Å². The highest BCUT2D eigenvalue weighted by Crippen LogP contribution is 2.58. The monoisotopic (exact) mass is 703 g/mol. The molecule has 2 amide bonds. The fraction of sp³-hybridized carbons (Fsp3) is 0.526. The number of sulfonamides is 1. The van der Waals surface area contributed by atoms with Crippen molar-refractivity contribution in [2.75, 3.05) is 11.3 Å². The molecule has 12 heteroatoms. The Morgan fingerprint density at radius 1 is 1.06 bits per heavy atom. The molecule has 1 aliphatic heterocycles. The van der Waals surface area contributed by atoms with Crippen molar-refractivity contribution in [3.05, 3.63) is 64.7 Å². The first-order chi connectivity index (χ1) is 23.4. The van der Waals surface area contributed by atoms with E-state index in [4.69, 9.17) is 14.5 Å². The van der Waals surface area contributed by atoms with Gasteiger partial charge in [0.05, 0.1) is 22.7 Å². The minimum absolute atomic E-state index is 0.0303. The highest BCUT2D eigenvalue weighted by molar-refractivity contribution is 7.92. The number of benzene rings is 2. The van der Waals surface area contributed by atoms with E-state index in [0.717, 1.165) is 42.4 Å². The molecule has 0 radical (unpaired) electrons. The molecule has 0 unspecified atom stereocenters. The zero-order chi connectivity index (χ0) is 36.2. The molecule has 3 aliphatic rings. The summed E-state index contributed by atoms with van der Waals surface area (Å²) in [5.74, 6) is -0.0760. The second-order valence-electron chi connectivity index (χ2n) is 15.9. The van der Waals surface area contributed by atoms with E-state index in [1.165, 1.54) is 12.1 Å². The summed E-state index contributed by atoms with van der Waals surface area (Å²) in [6.07, 6.45) is 3.26. The molecule has 2 fully saturated rings. The SMILES string of the molecule is Cc1cccc(C)c1-c1nc2nc(c1C)OC[C@@H](CC(C)(C)C)N(C1CC3(CC(NC(=O)OC(C)C)C3)C1)C(=O)c1cccc(c1)S(=O)(=O)N2. The average molecular weight is 704 g/mol. The summed E-state index contributed by atoms with van der Waals surface area (Å²) < 4.78 is 42.0. The standard InChI is InChI=1S/C38H49N5O6S/c1-22(2)49-36(45)39-27-16-38(17-27)19-28(20-38)43-29(18-37(6,7)8)21-48-33-25(5)32(31-23(3)11-9-12-24(31)4)40-35(41-33)42-50(46,47)30-14-10-13-26(15-30)34(43)44/h9-15,22,27-29H,16-21H2,1-8H3,(H,39,45)(H,40,41,42)/t27?,28?,29-,38?/m1/s1. The van der Waals surface area contributed by atoms with Crippen LogP contribution in [-0.4, -0.2) is 66.1 Å². The molecule has 2 heterocycles. The molecule has 1 atom stereocenters. The summed E-state index contributed by atoms with van der Waals surface area (Å²) in [4.78, 5) is 38.0. The molecule has 2 saturated carbocycles. The van der Waals surface area contributed by atoms with E-state index in [0.29, 0.717) is 17.7 Å². The minimum atomic E-state index is -4.17. The third-order valence-electron chi connectivity index (χ3n) is 10.1. The van der Waals surface area contributed by atoms with E-state index < -0.39 is 16.1 Å². The predicted octanol–water partition coefficient (Wildman–Crippen LogP) is 6.95. The summed E-state index contributed by atoms with van der Waals surface area (Å²) >= 11 is 0. The number of rotatable bonds is 5. The van der Waals surface area contributed by atoms with Gasteiger partial charge in [0.2, 0.25) is 11.8 Å². The second-order valence-corrected chi connectivity index (χ2v) is 17.6. The number of aromatic nitrogens is 2. The number of anilines is 1. The Balaban J connectivity index is 1.38. The number of amides is 2. The number of hydrogen-bond donors (Lipinski definition) is 2. The molecule has 50 heavy (non-hydrogen) atoms. The van der Waals surface area contributed by atoms with Crippen molar-refractivity contribution in [3.63, 3.8) is 0 Å². The van der Waals surface area contributed by atoms with Crippen LogP contribution in [0.1, 0.15) is 93.8 Å². The van der Waals surface area contributed by atoms with E-state index in [-0.39, 0.29) is 69.9 Å². The number of ether oxygens (including phenoxy) is 2. The maximum atomic E-state index is 14.6.